The Morgan fingerprint density at radius 1 is 1.27 bits per heavy atom. The number of nitrogens with one attached hydrogen (secondary N) is 2. The first-order valence-electron chi connectivity index (χ1n) is 9.83. The third-order valence-corrected chi connectivity index (χ3v) is 5.19. The van der Waals surface area contributed by atoms with Crippen molar-refractivity contribution in [2.24, 2.45) is 0 Å². The number of hydrogen-bond donors (Lipinski definition) is 2. The average molecular weight is 412 g/mol. The zero-order valence-corrected chi connectivity index (χ0v) is 16.9. The molecule has 1 aliphatic carbocycles. The molecule has 0 radical (unpaired) electrons. The summed E-state index contributed by atoms with van der Waals surface area (Å²) in [6.07, 6.45) is 9.63. The second kappa shape index (κ2) is 8.57. The van der Waals surface area contributed by atoms with E-state index in [4.69, 9.17) is 4.74 Å². The van der Waals surface area contributed by atoms with Crippen LogP contribution in [-0.2, 0) is 9.53 Å². The van der Waals surface area contributed by atoms with Gasteiger partial charge in [0, 0.05) is 32.5 Å². The molecule has 1 saturated carbocycles. The highest BCUT2D eigenvalue weighted by molar-refractivity contribution is 6.02. The van der Waals surface area contributed by atoms with Crippen molar-refractivity contribution in [1.82, 2.24) is 39.9 Å². The predicted octanol–water partition coefficient (Wildman–Crippen LogP) is 0.684. The molecule has 3 aromatic heterocycles. The van der Waals surface area contributed by atoms with Gasteiger partial charge in [-0.05, 0) is 25.7 Å². The molecule has 4 rings (SSSR count). The van der Waals surface area contributed by atoms with Gasteiger partial charge in [0.25, 0.3) is 5.91 Å². The number of nitrogens with zero attached hydrogens (tertiary/aromatic N) is 6. The van der Waals surface area contributed by atoms with E-state index in [1.165, 1.54) is 4.90 Å². The van der Waals surface area contributed by atoms with Crippen molar-refractivity contribution in [3.63, 3.8) is 0 Å². The molecule has 2 amide bonds. The van der Waals surface area contributed by atoms with E-state index in [1.807, 2.05) is 0 Å². The molecule has 0 aromatic carbocycles. The fourth-order valence-electron chi connectivity index (χ4n) is 3.43. The molecule has 11 heteroatoms. The smallest absolute Gasteiger partial charge is 0.272 e. The Kier molecular flexibility index (Phi) is 5.70. The van der Waals surface area contributed by atoms with E-state index in [2.05, 4.69) is 30.5 Å². The van der Waals surface area contributed by atoms with Gasteiger partial charge in [0.2, 0.25) is 11.9 Å². The summed E-state index contributed by atoms with van der Waals surface area (Å²) in [5, 5.41) is 9.86. The number of aromatic nitrogens is 6. The predicted molar refractivity (Wildman–Crippen MR) is 107 cm³/mol. The van der Waals surface area contributed by atoms with Gasteiger partial charge in [0.1, 0.15) is 24.0 Å². The summed E-state index contributed by atoms with van der Waals surface area (Å²) in [7, 11) is 3.42. The second-order valence-electron chi connectivity index (χ2n) is 7.52. The summed E-state index contributed by atoms with van der Waals surface area (Å²) < 4.78 is 7.34. The van der Waals surface area contributed by atoms with Gasteiger partial charge in [-0.2, -0.15) is 5.10 Å². The molecule has 1 aliphatic rings. The first-order chi connectivity index (χ1) is 14.5. The van der Waals surface area contributed by atoms with Gasteiger partial charge in [-0.3, -0.25) is 19.3 Å². The fraction of sp³-hybridized carbons (Fsp3) is 0.474. The van der Waals surface area contributed by atoms with Crippen molar-refractivity contribution >= 4 is 22.8 Å². The zero-order valence-electron chi connectivity index (χ0n) is 16.9. The average Bonchev–Trinajstić information content (AvgIpc) is 3.43. The van der Waals surface area contributed by atoms with E-state index in [-0.39, 0.29) is 36.3 Å². The van der Waals surface area contributed by atoms with Crippen LogP contribution in [0.5, 0.6) is 0 Å². The van der Waals surface area contributed by atoms with E-state index >= 15 is 0 Å². The standard InChI is InChI=1S/C19H24N8O3/c1-26(2)15(28)10-30-13-5-3-12(4-6-13)22-18(29)17-16-14(9-21-25-16)23-19(24-17)27-8-7-20-11-27/h7-9,11-13H,3-6,10H2,1-2H3,(H,21,25)(H,22,29). The highest BCUT2D eigenvalue weighted by Crippen LogP contribution is 2.22. The molecule has 2 N–H and O–H groups in total. The van der Waals surface area contributed by atoms with Gasteiger partial charge in [-0.25, -0.2) is 15.0 Å². The Bertz CT molecular complexity index is 1020. The number of ether oxygens (including phenoxy) is 1. The van der Waals surface area contributed by atoms with E-state index in [0.29, 0.717) is 17.0 Å². The fourth-order valence-corrected chi connectivity index (χ4v) is 3.43. The molecule has 30 heavy (non-hydrogen) atoms. The quantitative estimate of drug-likeness (QED) is 0.609. The lowest BCUT2D eigenvalue weighted by Gasteiger charge is -2.29. The number of likely N-dealkylation sites (N-methyl/N-ethyl adjacent to an activating group) is 1. The largest absolute Gasteiger partial charge is 0.368 e. The molecule has 3 heterocycles. The number of fused-ring (bicyclic) bond motifs is 1. The van der Waals surface area contributed by atoms with Crippen LogP contribution in [0.25, 0.3) is 17.0 Å². The maximum absolute atomic E-state index is 13.0. The van der Waals surface area contributed by atoms with Crippen molar-refractivity contribution in [3.8, 4) is 5.95 Å². The molecule has 0 saturated heterocycles. The third-order valence-electron chi connectivity index (χ3n) is 5.19. The zero-order chi connectivity index (χ0) is 21.1. The Morgan fingerprint density at radius 3 is 2.77 bits per heavy atom. The van der Waals surface area contributed by atoms with Crippen LogP contribution in [0.1, 0.15) is 36.2 Å². The van der Waals surface area contributed by atoms with Crippen LogP contribution in [0.2, 0.25) is 0 Å². The number of carbonyl (C=O) groups is 2. The topological polar surface area (TPSA) is 131 Å². The van der Waals surface area contributed by atoms with E-state index in [0.717, 1.165) is 25.7 Å². The Balaban J connectivity index is 1.40. The maximum Gasteiger partial charge on any atom is 0.272 e. The van der Waals surface area contributed by atoms with Crippen LogP contribution in [0.4, 0.5) is 0 Å². The highest BCUT2D eigenvalue weighted by Gasteiger charge is 2.26. The molecule has 158 valence electrons. The number of hydrogen-bond acceptors (Lipinski definition) is 7. The molecule has 0 aliphatic heterocycles. The number of imidazole rings is 1. The summed E-state index contributed by atoms with van der Waals surface area (Å²) in [4.78, 5) is 39.0. The molecule has 3 aromatic rings. The highest BCUT2D eigenvalue weighted by atomic mass is 16.5. The van der Waals surface area contributed by atoms with Crippen LogP contribution < -0.4 is 5.32 Å². The molecule has 11 nitrogen and oxygen atoms in total. The lowest BCUT2D eigenvalue weighted by atomic mass is 9.93. The minimum atomic E-state index is -0.278. The number of amides is 2. The minimum absolute atomic E-state index is 0.0199. The molecular weight excluding hydrogens is 388 g/mol. The van der Waals surface area contributed by atoms with Crippen LogP contribution in [-0.4, -0.2) is 79.3 Å². The molecular formula is C19H24N8O3. The molecule has 0 unspecified atom stereocenters. The molecule has 1 fully saturated rings. The van der Waals surface area contributed by atoms with Gasteiger partial charge in [0.05, 0.1) is 12.3 Å². The van der Waals surface area contributed by atoms with Gasteiger partial charge in [-0.1, -0.05) is 0 Å². The third kappa shape index (κ3) is 4.30. The van der Waals surface area contributed by atoms with Crippen LogP contribution in [0, 0.1) is 0 Å². The molecule has 0 spiro atoms. The lowest BCUT2D eigenvalue weighted by molar-refractivity contribution is -0.136. The first-order valence-corrected chi connectivity index (χ1v) is 9.83. The van der Waals surface area contributed by atoms with Gasteiger partial charge in [-0.15, -0.1) is 0 Å². The Labute approximate surface area is 172 Å². The van der Waals surface area contributed by atoms with Crippen molar-refractivity contribution in [2.75, 3.05) is 20.7 Å². The summed E-state index contributed by atoms with van der Waals surface area (Å²) in [6.45, 7) is 0.0878. The summed E-state index contributed by atoms with van der Waals surface area (Å²) >= 11 is 0. The van der Waals surface area contributed by atoms with Crippen molar-refractivity contribution < 1.29 is 14.3 Å². The normalized spacial score (nSPS) is 19.0. The van der Waals surface area contributed by atoms with Gasteiger partial charge >= 0.3 is 0 Å². The second-order valence-corrected chi connectivity index (χ2v) is 7.52. The van der Waals surface area contributed by atoms with Crippen LogP contribution >= 0.6 is 0 Å². The van der Waals surface area contributed by atoms with Gasteiger partial charge < -0.3 is 15.0 Å². The van der Waals surface area contributed by atoms with Crippen molar-refractivity contribution in [3.05, 3.63) is 30.6 Å². The maximum atomic E-state index is 13.0. The lowest BCUT2D eigenvalue weighted by Crippen LogP contribution is -2.40. The summed E-state index contributed by atoms with van der Waals surface area (Å²) in [6, 6.07) is 0.0199. The Morgan fingerprint density at radius 2 is 2.07 bits per heavy atom. The monoisotopic (exact) mass is 412 g/mol. The van der Waals surface area contributed by atoms with Crippen LogP contribution in [0.3, 0.4) is 0 Å². The number of carbonyl (C=O) groups excluding carboxylic acids is 2. The number of rotatable bonds is 6. The number of H-pyrrole nitrogens is 1. The van der Waals surface area contributed by atoms with Crippen molar-refractivity contribution in [2.45, 2.75) is 37.8 Å². The summed E-state index contributed by atoms with van der Waals surface area (Å²) in [5.74, 6) is 0.0286. The van der Waals surface area contributed by atoms with Crippen LogP contribution in [0.15, 0.2) is 24.9 Å². The first kappa shape index (κ1) is 20.0. The van der Waals surface area contributed by atoms with Gasteiger partial charge in [0.15, 0.2) is 5.69 Å². The van der Waals surface area contributed by atoms with E-state index in [1.54, 1.807) is 43.6 Å². The Hall–Kier alpha value is -3.34. The van der Waals surface area contributed by atoms with E-state index < -0.39 is 0 Å². The molecule has 0 atom stereocenters. The SMILES string of the molecule is CN(C)C(=O)COC1CCC(NC(=O)c2nc(-n3ccnc3)nc3cn[nH]c23)CC1. The summed E-state index contributed by atoms with van der Waals surface area (Å²) in [5.41, 5.74) is 1.30. The van der Waals surface area contributed by atoms with Crippen molar-refractivity contribution in [1.29, 1.82) is 0 Å². The number of aromatic amines is 1. The minimum Gasteiger partial charge on any atom is -0.368 e. The molecule has 0 bridgehead atoms. The van der Waals surface area contributed by atoms with E-state index in [9.17, 15) is 9.59 Å².